The number of hydrogen-bond acceptors (Lipinski definition) is 0. The average Bonchev–Trinajstić information content (AvgIpc) is 2.88. The van der Waals surface area contributed by atoms with E-state index in [1.54, 1.807) is 0 Å². The Morgan fingerprint density at radius 2 is 2.25 bits per heavy atom. The Bertz CT molecular complexity index is 308. The number of hydrogen-bond donors (Lipinski definition) is 0. The van der Waals surface area contributed by atoms with Gasteiger partial charge in [0, 0.05) is 0 Å². The maximum absolute atomic E-state index is 2.99. The van der Waals surface area contributed by atoms with Gasteiger partial charge in [0.15, 0.2) is 0 Å². The van der Waals surface area contributed by atoms with Crippen molar-refractivity contribution in [2.24, 2.45) is 0 Å². The minimum Gasteiger partial charge on any atom is -0.273 e. The molecule has 0 radical (unpaired) electrons. The molecule has 2 rings (SSSR count). The van der Waals surface area contributed by atoms with Crippen LogP contribution in [-0.2, 0) is 28.1 Å². The molecular weight excluding hydrogens is 228 g/mol. The average molecular weight is 248 g/mol. The van der Waals surface area contributed by atoms with E-state index in [4.69, 9.17) is 0 Å². The molecule has 0 bridgehead atoms. The third kappa shape index (κ3) is 6.92. The molecule has 0 unspecified atom stereocenters. The molecule has 0 aromatic heterocycles. The van der Waals surface area contributed by atoms with Gasteiger partial charge in [-0.3, -0.25) is 6.08 Å². The maximum atomic E-state index is 2.99. The Balaban J connectivity index is 0.000000318. The van der Waals surface area contributed by atoms with E-state index in [-0.39, 0.29) is 21.7 Å². The van der Waals surface area contributed by atoms with E-state index in [9.17, 15) is 0 Å². The summed E-state index contributed by atoms with van der Waals surface area (Å²) in [6.45, 7) is 4.38. The van der Waals surface area contributed by atoms with Gasteiger partial charge in [-0.2, -0.15) is 29.3 Å². The van der Waals surface area contributed by atoms with Gasteiger partial charge in [0.25, 0.3) is 0 Å². The number of allylic oxidation sites excluding steroid dienone is 4. The van der Waals surface area contributed by atoms with Gasteiger partial charge in [0.1, 0.15) is 0 Å². The summed E-state index contributed by atoms with van der Waals surface area (Å²) in [4.78, 5) is 0. The van der Waals surface area contributed by atoms with Gasteiger partial charge in [-0.05, 0) is 0 Å². The number of rotatable bonds is 3. The van der Waals surface area contributed by atoms with Gasteiger partial charge >= 0.3 is 21.7 Å². The zero-order valence-corrected chi connectivity index (χ0v) is 11.9. The summed E-state index contributed by atoms with van der Waals surface area (Å²) in [6, 6.07) is 6.69. The van der Waals surface area contributed by atoms with Crippen molar-refractivity contribution >= 4 is 0 Å². The zero-order chi connectivity index (χ0) is 10.9. The first-order valence-electron chi connectivity index (χ1n) is 5.77. The van der Waals surface area contributed by atoms with E-state index in [1.165, 1.54) is 30.4 Å². The van der Waals surface area contributed by atoms with Crippen LogP contribution in [0.4, 0.5) is 0 Å². The molecule has 1 aliphatic rings. The van der Waals surface area contributed by atoms with E-state index in [2.05, 4.69) is 44.2 Å². The van der Waals surface area contributed by atoms with Crippen molar-refractivity contribution in [2.45, 2.75) is 39.5 Å². The molecule has 0 aliphatic heterocycles. The molecule has 1 aromatic carbocycles. The van der Waals surface area contributed by atoms with Gasteiger partial charge in [-0.25, -0.2) is 18.2 Å². The molecule has 0 fully saturated rings. The minimum atomic E-state index is 0. The smallest absolute Gasteiger partial charge is 0.273 e. The predicted octanol–water partition coefficient (Wildman–Crippen LogP) is 4.36. The van der Waals surface area contributed by atoms with Crippen LogP contribution in [0.3, 0.4) is 0 Å². The van der Waals surface area contributed by atoms with Gasteiger partial charge in [-0.15, -0.1) is 6.42 Å². The van der Waals surface area contributed by atoms with E-state index in [0.29, 0.717) is 0 Å². The molecule has 0 saturated heterocycles. The summed E-state index contributed by atoms with van der Waals surface area (Å²) in [7, 11) is 0. The third-order valence-electron chi connectivity index (χ3n) is 2.38. The van der Waals surface area contributed by atoms with Crippen LogP contribution < -0.4 is 0 Å². The van der Waals surface area contributed by atoms with Crippen LogP contribution in [0.25, 0.3) is 0 Å². The van der Waals surface area contributed by atoms with Crippen molar-refractivity contribution in [3.05, 3.63) is 53.6 Å². The SMILES string of the molecule is CCCCc1cc[c-](C)c1.[C-]1=CC=CC1.[Ti+2]. The Kier molecular flexibility index (Phi) is 9.47. The predicted molar refractivity (Wildman–Crippen MR) is 67.0 cm³/mol. The molecule has 0 nitrogen and oxygen atoms in total. The fourth-order valence-corrected chi connectivity index (χ4v) is 1.50. The summed E-state index contributed by atoms with van der Waals surface area (Å²) >= 11 is 0. The molecule has 84 valence electrons. The normalized spacial score (nSPS) is 11.9. The van der Waals surface area contributed by atoms with Crippen LogP contribution in [-0.4, -0.2) is 0 Å². The molecule has 1 heteroatoms. The van der Waals surface area contributed by atoms with Crippen LogP contribution in [0.1, 0.15) is 37.3 Å². The van der Waals surface area contributed by atoms with E-state index >= 15 is 0 Å². The Morgan fingerprint density at radius 1 is 1.44 bits per heavy atom. The van der Waals surface area contributed by atoms with Crippen molar-refractivity contribution in [3.8, 4) is 0 Å². The third-order valence-corrected chi connectivity index (χ3v) is 2.38. The van der Waals surface area contributed by atoms with Crippen molar-refractivity contribution in [1.29, 1.82) is 0 Å². The van der Waals surface area contributed by atoms with Gasteiger partial charge in [0.2, 0.25) is 0 Å². The second-order valence-electron chi connectivity index (χ2n) is 3.90. The second kappa shape index (κ2) is 9.75. The first-order chi connectivity index (χ1) is 7.33. The van der Waals surface area contributed by atoms with Crippen LogP contribution in [0.2, 0.25) is 0 Å². The summed E-state index contributed by atoms with van der Waals surface area (Å²) in [5, 5.41) is 0. The van der Waals surface area contributed by atoms with Crippen LogP contribution in [0, 0.1) is 13.0 Å². The van der Waals surface area contributed by atoms with Crippen molar-refractivity contribution in [3.63, 3.8) is 0 Å². The van der Waals surface area contributed by atoms with E-state index in [1.807, 2.05) is 12.2 Å². The van der Waals surface area contributed by atoms with Gasteiger partial charge < -0.3 is 0 Å². The van der Waals surface area contributed by atoms with E-state index in [0.717, 1.165) is 6.42 Å². The Morgan fingerprint density at radius 3 is 2.62 bits per heavy atom. The summed E-state index contributed by atoms with van der Waals surface area (Å²) in [5.41, 5.74) is 2.89. The summed E-state index contributed by atoms with van der Waals surface area (Å²) < 4.78 is 0. The molecule has 0 amide bonds. The van der Waals surface area contributed by atoms with E-state index < -0.39 is 0 Å². The van der Waals surface area contributed by atoms with Crippen LogP contribution in [0.5, 0.6) is 0 Å². The fraction of sp³-hybridized carbons (Fsp3) is 0.400. The first kappa shape index (κ1) is 15.5. The Labute approximate surface area is 115 Å². The summed E-state index contributed by atoms with van der Waals surface area (Å²) in [6.07, 6.45) is 13.9. The molecule has 0 N–H and O–H groups in total. The minimum absolute atomic E-state index is 0. The number of unbranched alkanes of at least 4 members (excludes halogenated alkanes) is 1. The fourth-order valence-electron chi connectivity index (χ4n) is 1.50. The maximum Gasteiger partial charge on any atom is 2.00 e. The van der Waals surface area contributed by atoms with Crippen molar-refractivity contribution in [1.82, 2.24) is 0 Å². The molecule has 0 spiro atoms. The Hall–Kier alpha value is -0.456. The second-order valence-corrected chi connectivity index (χ2v) is 3.90. The first-order valence-corrected chi connectivity index (χ1v) is 5.77. The standard InChI is InChI=1S/C10H15.C5H5.Ti/c1-3-4-5-10-7-6-9(2)8-10;1-2-4-5-3-1;/h6-8H,3-5H2,1-2H3;1-3H,4H2;/q2*-1;+2. The molecule has 0 atom stereocenters. The van der Waals surface area contributed by atoms with Crippen molar-refractivity contribution < 1.29 is 21.7 Å². The number of aryl methyl sites for hydroxylation is 2. The summed E-state index contributed by atoms with van der Waals surface area (Å²) in [5.74, 6) is 0. The molecule has 0 saturated carbocycles. The van der Waals surface area contributed by atoms with Crippen LogP contribution >= 0.6 is 0 Å². The molecule has 0 heterocycles. The van der Waals surface area contributed by atoms with Gasteiger partial charge in [0.05, 0.1) is 0 Å². The quantitative estimate of drug-likeness (QED) is 0.550. The molecular formula is C15H20Ti. The molecule has 1 aromatic rings. The molecule has 1 aliphatic carbocycles. The molecule has 16 heavy (non-hydrogen) atoms. The van der Waals surface area contributed by atoms with Crippen LogP contribution in [0.15, 0.2) is 36.4 Å². The van der Waals surface area contributed by atoms with Gasteiger partial charge in [-0.1, -0.05) is 33.1 Å². The topological polar surface area (TPSA) is 0 Å². The van der Waals surface area contributed by atoms with Crippen molar-refractivity contribution in [2.75, 3.05) is 0 Å². The monoisotopic (exact) mass is 248 g/mol. The zero-order valence-electron chi connectivity index (χ0n) is 10.3. The largest absolute Gasteiger partial charge is 2.00 e.